The van der Waals surface area contributed by atoms with Crippen molar-refractivity contribution < 1.29 is 24.9 Å². The van der Waals surface area contributed by atoms with Crippen molar-refractivity contribution in [2.45, 2.75) is 65.5 Å². The quantitative estimate of drug-likeness (QED) is 0.130. The summed E-state index contributed by atoms with van der Waals surface area (Å²) in [5, 5.41) is 34.6. The van der Waals surface area contributed by atoms with E-state index in [1.807, 2.05) is 73.8 Å². The van der Waals surface area contributed by atoms with Crippen LogP contribution in [0.1, 0.15) is 66.2 Å². The number of benzene rings is 2. The zero-order valence-electron chi connectivity index (χ0n) is 25.1. The Labute approximate surface area is 258 Å². The van der Waals surface area contributed by atoms with E-state index in [1.165, 1.54) is 16.2 Å². The molecule has 3 N–H and O–H groups in total. The lowest BCUT2D eigenvalue weighted by molar-refractivity contribution is -0.140. The molecule has 226 valence electrons. The van der Waals surface area contributed by atoms with Gasteiger partial charge < -0.3 is 15.3 Å². The minimum atomic E-state index is -0.857. The molecule has 1 saturated heterocycles. The van der Waals surface area contributed by atoms with E-state index in [0.717, 1.165) is 50.3 Å². The van der Waals surface area contributed by atoms with Crippen LogP contribution in [0.15, 0.2) is 71.1 Å². The molecule has 0 radical (unpaired) electrons. The van der Waals surface area contributed by atoms with Gasteiger partial charge in [-0.15, -0.1) is 11.3 Å². The van der Waals surface area contributed by atoms with Crippen molar-refractivity contribution >= 4 is 34.8 Å². The number of aryl methyl sites for hydroxylation is 2. The Kier molecular flexibility index (Phi) is 9.65. The number of aliphatic hydroxyl groups excluding tert-OH is 2. The highest BCUT2D eigenvalue weighted by Gasteiger charge is 2.54. The zero-order chi connectivity index (χ0) is 30.7. The van der Waals surface area contributed by atoms with Gasteiger partial charge in [0.2, 0.25) is 11.8 Å². The Bertz CT molecular complexity index is 1500. The minimum Gasteiger partial charge on any atom is -0.507 e. The molecule has 0 unspecified atom stereocenters. The SMILES string of the molecule is CCCC1=C([C@H](O)CC/C(=C/c2cc(C)c(O)c(C)c2)c2ccccc2)[C@H](CO)[C@@H]2C(=O)N(Cc3cccs3)C(=O)[C@@H]2C1. The van der Waals surface area contributed by atoms with Crippen molar-refractivity contribution in [2.24, 2.45) is 17.8 Å². The number of hydrogen-bond acceptors (Lipinski definition) is 6. The molecule has 3 aromatic rings. The van der Waals surface area contributed by atoms with E-state index < -0.39 is 23.9 Å². The van der Waals surface area contributed by atoms with Crippen LogP contribution in [-0.2, 0) is 16.1 Å². The number of aliphatic hydroxyl groups is 2. The fraction of sp³-hybridized carbons (Fsp3) is 0.389. The number of rotatable bonds is 11. The number of imide groups is 1. The van der Waals surface area contributed by atoms with E-state index in [1.54, 1.807) is 0 Å². The fourth-order valence-electron chi connectivity index (χ4n) is 6.95. The summed E-state index contributed by atoms with van der Waals surface area (Å²) in [7, 11) is 0. The lowest BCUT2D eigenvalue weighted by atomic mass is 9.67. The van der Waals surface area contributed by atoms with Gasteiger partial charge in [0.05, 0.1) is 31.1 Å². The number of aromatic hydroxyl groups is 1. The third kappa shape index (κ3) is 6.40. The molecule has 1 aliphatic carbocycles. The molecular weight excluding hydrogens is 558 g/mol. The van der Waals surface area contributed by atoms with Crippen LogP contribution in [0.25, 0.3) is 11.6 Å². The number of nitrogens with zero attached hydrogens (tertiary/aromatic N) is 1. The van der Waals surface area contributed by atoms with Gasteiger partial charge in [-0.3, -0.25) is 14.5 Å². The van der Waals surface area contributed by atoms with Crippen LogP contribution in [0.5, 0.6) is 5.75 Å². The number of phenolic OH excluding ortho intramolecular Hbond substituents is 1. The number of fused-ring (bicyclic) bond motifs is 1. The summed E-state index contributed by atoms with van der Waals surface area (Å²) in [6, 6.07) is 17.8. The number of allylic oxidation sites excluding steroid dienone is 2. The number of phenols is 1. The van der Waals surface area contributed by atoms with Gasteiger partial charge in [0.25, 0.3) is 0 Å². The third-order valence-corrected chi connectivity index (χ3v) is 9.82. The first-order chi connectivity index (χ1) is 20.7. The Balaban J connectivity index is 1.43. The van der Waals surface area contributed by atoms with E-state index in [9.17, 15) is 24.9 Å². The lowest BCUT2D eigenvalue weighted by Gasteiger charge is -2.36. The first-order valence-electron chi connectivity index (χ1n) is 15.2. The van der Waals surface area contributed by atoms with Crippen LogP contribution in [-0.4, -0.2) is 44.7 Å². The highest BCUT2D eigenvalue weighted by atomic mass is 32.1. The second-order valence-electron chi connectivity index (χ2n) is 11.9. The van der Waals surface area contributed by atoms with Crippen molar-refractivity contribution in [2.75, 3.05) is 6.61 Å². The molecule has 1 aliphatic heterocycles. The molecule has 0 spiro atoms. The van der Waals surface area contributed by atoms with Crippen molar-refractivity contribution in [1.82, 2.24) is 4.90 Å². The Morgan fingerprint density at radius 2 is 1.79 bits per heavy atom. The number of carbonyl (C=O) groups is 2. The summed E-state index contributed by atoms with van der Waals surface area (Å²) in [6.45, 7) is 5.80. The average molecular weight is 600 g/mol. The van der Waals surface area contributed by atoms with Crippen LogP contribution in [0.3, 0.4) is 0 Å². The molecule has 5 rings (SSSR count). The molecule has 4 atom stereocenters. The number of likely N-dealkylation sites (tertiary alicyclic amines) is 1. The van der Waals surface area contributed by atoms with E-state index in [0.29, 0.717) is 31.4 Å². The number of thiophene rings is 1. The first kappa shape index (κ1) is 30.9. The summed E-state index contributed by atoms with van der Waals surface area (Å²) >= 11 is 1.51. The van der Waals surface area contributed by atoms with E-state index >= 15 is 0 Å². The normalized spacial score (nSPS) is 21.5. The van der Waals surface area contributed by atoms with Crippen molar-refractivity contribution in [3.63, 3.8) is 0 Å². The summed E-state index contributed by atoms with van der Waals surface area (Å²) in [5.41, 5.74) is 6.42. The number of amides is 2. The van der Waals surface area contributed by atoms with Gasteiger partial charge in [-0.1, -0.05) is 61.4 Å². The monoisotopic (exact) mass is 599 g/mol. The van der Waals surface area contributed by atoms with Crippen LogP contribution >= 0.6 is 11.3 Å². The fourth-order valence-corrected chi connectivity index (χ4v) is 7.64. The maximum absolute atomic E-state index is 13.7. The second kappa shape index (κ2) is 13.4. The molecule has 6 nitrogen and oxygen atoms in total. The molecule has 0 bridgehead atoms. The standard InChI is InChI=1S/C36H41NO5S/c1-4-9-27-19-29-33(36(42)37(35(29)41)20-28-12-8-15-43-28)30(21-38)32(27)31(39)14-13-26(25-10-6-5-7-11-25)18-24-16-22(2)34(40)23(3)17-24/h5-8,10-12,15-18,29-31,33,38-40H,4,9,13-14,19-21H2,1-3H3/b26-18-/t29-,30+,31-,33-/m1/s1. The maximum Gasteiger partial charge on any atom is 0.234 e. The van der Waals surface area contributed by atoms with Gasteiger partial charge in [-0.05, 0) is 96.5 Å². The topological polar surface area (TPSA) is 98.1 Å². The van der Waals surface area contributed by atoms with E-state index in [-0.39, 0.29) is 25.0 Å². The zero-order valence-corrected chi connectivity index (χ0v) is 25.9. The molecule has 43 heavy (non-hydrogen) atoms. The van der Waals surface area contributed by atoms with Crippen LogP contribution in [0.4, 0.5) is 0 Å². The third-order valence-electron chi connectivity index (χ3n) is 8.96. The maximum atomic E-state index is 13.7. The minimum absolute atomic E-state index is 0.169. The molecule has 7 heteroatoms. The summed E-state index contributed by atoms with van der Waals surface area (Å²) in [6.07, 6.45) is 4.23. The molecule has 2 aliphatic rings. The van der Waals surface area contributed by atoms with Gasteiger partial charge in [0, 0.05) is 10.8 Å². The van der Waals surface area contributed by atoms with Gasteiger partial charge in [0.15, 0.2) is 0 Å². The summed E-state index contributed by atoms with van der Waals surface area (Å²) in [5.74, 6) is -1.86. The Morgan fingerprint density at radius 1 is 1.07 bits per heavy atom. The summed E-state index contributed by atoms with van der Waals surface area (Å²) < 4.78 is 0. The number of carbonyl (C=O) groups excluding carboxylic acids is 2. The smallest absolute Gasteiger partial charge is 0.234 e. The lowest BCUT2D eigenvalue weighted by Crippen LogP contribution is -2.39. The van der Waals surface area contributed by atoms with Crippen molar-refractivity contribution in [3.05, 3.63) is 98.3 Å². The van der Waals surface area contributed by atoms with E-state index in [2.05, 4.69) is 13.0 Å². The predicted molar refractivity (Wildman–Crippen MR) is 171 cm³/mol. The highest BCUT2D eigenvalue weighted by molar-refractivity contribution is 7.09. The van der Waals surface area contributed by atoms with Gasteiger partial charge in [0.1, 0.15) is 5.75 Å². The molecule has 2 aromatic carbocycles. The van der Waals surface area contributed by atoms with Crippen LogP contribution in [0.2, 0.25) is 0 Å². The van der Waals surface area contributed by atoms with Crippen molar-refractivity contribution in [3.8, 4) is 5.75 Å². The molecule has 0 saturated carbocycles. The molecular formula is C36H41NO5S. The second-order valence-corrected chi connectivity index (χ2v) is 12.9. The van der Waals surface area contributed by atoms with Crippen molar-refractivity contribution in [1.29, 1.82) is 0 Å². The Hall–Kier alpha value is -3.52. The summed E-state index contributed by atoms with van der Waals surface area (Å²) in [4.78, 5) is 29.5. The average Bonchev–Trinajstić information content (AvgIpc) is 3.60. The molecule has 2 heterocycles. The Morgan fingerprint density at radius 3 is 2.42 bits per heavy atom. The van der Waals surface area contributed by atoms with Crippen LogP contribution < -0.4 is 0 Å². The molecule has 2 amide bonds. The van der Waals surface area contributed by atoms with Gasteiger partial charge >= 0.3 is 0 Å². The van der Waals surface area contributed by atoms with Gasteiger partial charge in [-0.25, -0.2) is 0 Å². The predicted octanol–water partition coefficient (Wildman–Crippen LogP) is 6.66. The molecule has 1 aromatic heterocycles. The van der Waals surface area contributed by atoms with Gasteiger partial charge in [-0.2, -0.15) is 0 Å². The largest absolute Gasteiger partial charge is 0.507 e. The van der Waals surface area contributed by atoms with Crippen LogP contribution in [0, 0.1) is 31.6 Å². The number of hydrogen-bond donors (Lipinski definition) is 3. The molecule has 1 fully saturated rings. The highest BCUT2D eigenvalue weighted by Crippen LogP contribution is 2.48. The van der Waals surface area contributed by atoms with E-state index in [4.69, 9.17) is 0 Å². The first-order valence-corrected chi connectivity index (χ1v) is 16.1.